The first-order chi connectivity index (χ1) is 11.6. The van der Waals surface area contributed by atoms with Crippen LogP contribution in [0.4, 0.5) is 0 Å². The van der Waals surface area contributed by atoms with Crippen molar-refractivity contribution in [1.29, 1.82) is 0 Å². The van der Waals surface area contributed by atoms with Crippen molar-refractivity contribution in [2.24, 2.45) is 10.9 Å². The summed E-state index contributed by atoms with van der Waals surface area (Å²) in [5, 5.41) is 16.3. The van der Waals surface area contributed by atoms with E-state index in [4.69, 9.17) is 0 Å². The lowest BCUT2D eigenvalue weighted by atomic mass is 10.0. The van der Waals surface area contributed by atoms with Crippen LogP contribution < -0.4 is 10.6 Å². The Balaban J connectivity index is 0.00000312. The highest BCUT2D eigenvalue weighted by Gasteiger charge is 2.20. The lowest BCUT2D eigenvalue weighted by Gasteiger charge is -2.34. The summed E-state index contributed by atoms with van der Waals surface area (Å²) in [7, 11) is 0. The zero-order valence-electron chi connectivity index (χ0n) is 15.7. The van der Waals surface area contributed by atoms with E-state index in [1.807, 2.05) is 12.1 Å². The molecule has 25 heavy (non-hydrogen) atoms. The summed E-state index contributed by atoms with van der Waals surface area (Å²) in [6.45, 7) is 11.6. The Bertz CT molecular complexity index is 511. The molecule has 1 aromatic carbocycles. The lowest BCUT2D eigenvalue weighted by Crippen LogP contribution is -2.49. The van der Waals surface area contributed by atoms with Crippen LogP contribution in [-0.2, 0) is 6.54 Å². The first-order valence-corrected chi connectivity index (χ1v) is 9.12. The van der Waals surface area contributed by atoms with Crippen LogP contribution >= 0.6 is 24.0 Å². The number of rotatable bonds is 6. The maximum atomic E-state index is 9.35. The highest BCUT2D eigenvalue weighted by Crippen LogP contribution is 2.13. The van der Waals surface area contributed by atoms with E-state index < -0.39 is 0 Å². The maximum Gasteiger partial charge on any atom is 0.191 e. The van der Waals surface area contributed by atoms with E-state index in [0.29, 0.717) is 18.3 Å². The van der Waals surface area contributed by atoms with Crippen LogP contribution in [0.25, 0.3) is 0 Å². The van der Waals surface area contributed by atoms with Crippen LogP contribution in [-0.4, -0.2) is 48.2 Å². The molecule has 1 aromatic rings. The highest BCUT2D eigenvalue weighted by atomic mass is 127. The van der Waals surface area contributed by atoms with Crippen LogP contribution in [0.2, 0.25) is 0 Å². The summed E-state index contributed by atoms with van der Waals surface area (Å²) < 4.78 is 0. The largest absolute Gasteiger partial charge is 0.508 e. The summed E-state index contributed by atoms with van der Waals surface area (Å²) >= 11 is 0. The van der Waals surface area contributed by atoms with E-state index in [-0.39, 0.29) is 24.0 Å². The predicted octanol–water partition coefficient (Wildman–Crippen LogP) is 3.19. The van der Waals surface area contributed by atoms with Gasteiger partial charge in [0.1, 0.15) is 5.75 Å². The maximum absolute atomic E-state index is 9.35. The average Bonchev–Trinajstić information content (AvgIpc) is 2.55. The molecule has 0 saturated carbocycles. The van der Waals surface area contributed by atoms with Crippen molar-refractivity contribution in [2.75, 3.05) is 26.2 Å². The molecule has 0 amide bonds. The molecular formula is C19H33IN4O. The third-order valence-electron chi connectivity index (χ3n) is 4.25. The van der Waals surface area contributed by atoms with Gasteiger partial charge >= 0.3 is 0 Å². The van der Waals surface area contributed by atoms with Crippen LogP contribution in [0.5, 0.6) is 5.75 Å². The molecule has 0 aliphatic carbocycles. The van der Waals surface area contributed by atoms with Crippen LogP contribution in [0.15, 0.2) is 29.3 Å². The summed E-state index contributed by atoms with van der Waals surface area (Å²) in [5.41, 5.74) is 1.09. The van der Waals surface area contributed by atoms with E-state index in [1.165, 1.54) is 6.54 Å². The van der Waals surface area contributed by atoms with Crippen LogP contribution in [0, 0.1) is 5.92 Å². The first-order valence-electron chi connectivity index (χ1n) is 9.12. The van der Waals surface area contributed by atoms with Crippen LogP contribution in [0.3, 0.4) is 0 Å². The number of nitrogens with zero attached hydrogens (tertiary/aromatic N) is 2. The number of phenols is 1. The summed E-state index contributed by atoms with van der Waals surface area (Å²) in [5.74, 6) is 1.91. The topological polar surface area (TPSA) is 59.9 Å². The molecule has 0 bridgehead atoms. The smallest absolute Gasteiger partial charge is 0.191 e. The fourth-order valence-electron chi connectivity index (χ4n) is 3.06. The van der Waals surface area contributed by atoms with Gasteiger partial charge in [0.05, 0.1) is 6.54 Å². The van der Waals surface area contributed by atoms with Gasteiger partial charge in [-0.3, -0.25) is 0 Å². The van der Waals surface area contributed by atoms with E-state index >= 15 is 0 Å². The Morgan fingerprint density at radius 3 is 2.44 bits per heavy atom. The summed E-state index contributed by atoms with van der Waals surface area (Å²) in [6, 6.07) is 7.72. The predicted molar refractivity (Wildman–Crippen MR) is 116 cm³/mol. The van der Waals surface area contributed by atoms with Gasteiger partial charge in [-0.1, -0.05) is 26.0 Å². The summed E-state index contributed by atoms with van der Waals surface area (Å²) in [4.78, 5) is 7.23. The molecule has 0 unspecified atom stereocenters. The normalized spacial score (nSPS) is 16.6. The minimum atomic E-state index is 0. The Kier molecular flexibility index (Phi) is 10.2. The zero-order chi connectivity index (χ0) is 17.4. The molecule has 5 nitrogen and oxygen atoms in total. The summed E-state index contributed by atoms with van der Waals surface area (Å²) in [6.07, 6.45) is 2.33. The van der Waals surface area contributed by atoms with Crippen molar-refractivity contribution < 1.29 is 5.11 Å². The number of phenolic OH excluding ortho intramolecular Hbond substituents is 1. The molecule has 6 heteroatoms. The van der Waals surface area contributed by atoms with E-state index in [2.05, 4.69) is 41.3 Å². The number of hydrogen-bond acceptors (Lipinski definition) is 3. The van der Waals surface area contributed by atoms with Gasteiger partial charge in [0.15, 0.2) is 5.96 Å². The number of aliphatic imine (C=N–C) groups is 1. The molecule has 142 valence electrons. The van der Waals surface area contributed by atoms with E-state index in [9.17, 15) is 5.11 Å². The second kappa shape index (κ2) is 11.6. The fourth-order valence-corrected chi connectivity index (χ4v) is 3.06. The number of piperidine rings is 1. The third-order valence-corrected chi connectivity index (χ3v) is 4.25. The van der Waals surface area contributed by atoms with Gasteiger partial charge in [-0.25, -0.2) is 4.99 Å². The van der Waals surface area contributed by atoms with Gasteiger partial charge in [0.25, 0.3) is 0 Å². The van der Waals surface area contributed by atoms with E-state index in [0.717, 1.165) is 49.9 Å². The number of likely N-dealkylation sites (tertiary alicyclic amines) is 1. The first kappa shape index (κ1) is 22.0. The molecule has 1 aliphatic heterocycles. The highest BCUT2D eigenvalue weighted by molar-refractivity contribution is 14.0. The van der Waals surface area contributed by atoms with Crippen molar-refractivity contribution >= 4 is 29.9 Å². The number of guanidine groups is 1. The number of halogens is 1. The van der Waals surface area contributed by atoms with Crippen molar-refractivity contribution in [3.8, 4) is 5.75 Å². The molecule has 0 atom stereocenters. The number of hydrogen-bond donors (Lipinski definition) is 3. The van der Waals surface area contributed by atoms with Gasteiger partial charge in [-0.15, -0.1) is 24.0 Å². The standard InChI is InChI=1S/C19H32N4O.HI/c1-4-20-19(21-13-16-5-7-18(24)8-6-16)22-17-9-11-23(12-10-17)14-15(2)3;/h5-8,15,17,24H,4,9-14H2,1-3H3,(H2,20,21,22);1H. The van der Waals surface area contributed by atoms with Gasteiger partial charge in [0, 0.05) is 32.2 Å². The zero-order valence-corrected chi connectivity index (χ0v) is 18.0. The Morgan fingerprint density at radius 1 is 1.24 bits per heavy atom. The molecule has 1 aliphatic rings. The molecule has 0 radical (unpaired) electrons. The molecular weight excluding hydrogens is 427 g/mol. The third kappa shape index (κ3) is 8.27. The van der Waals surface area contributed by atoms with Crippen molar-refractivity contribution in [2.45, 2.75) is 46.2 Å². The average molecular weight is 460 g/mol. The monoisotopic (exact) mass is 460 g/mol. The van der Waals surface area contributed by atoms with Crippen molar-refractivity contribution in [3.05, 3.63) is 29.8 Å². The molecule has 0 aromatic heterocycles. The molecule has 1 saturated heterocycles. The Hall–Kier alpha value is -1.02. The molecule has 2 rings (SSSR count). The second-order valence-electron chi connectivity index (χ2n) is 6.97. The number of aromatic hydroxyl groups is 1. The second-order valence-corrected chi connectivity index (χ2v) is 6.97. The Morgan fingerprint density at radius 2 is 1.88 bits per heavy atom. The quantitative estimate of drug-likeness (QED) is 0.347. The molecule has 1 heterocycles. The van der Waals surface area contributed by atoms with Gasteiger partial charge in [0.2, 0.25) is 0 Å². The van der Waals surface area contributed by atoms with Crippen molar-refractivity contribution in [3.63, 3.8) is 0 Å². The number of nitrogens with one attached hydrogen (secondary N) is 2. The van der Waals surface area contributed by atoms with Gasteiger partial charge in [-0.2, -0.15) is 0 Å². The van der Waals surface area contributed by atoms with Crippen LogP contribution in [0.1, 0.15) is 39.2 Å². The molecule has 0 spiro atoms. The Labute approximate surface area is 169 Å². The van der Waals surface area contributed by atoms with Gasteiger partial charge in [-0.05, 0) is 43.4 Å². The SMILES string of the molecule is CCNC(=NCc1ccc(O)cc1)NC1CCN(CC(C)C)CC1.I. The lowest BCUT2D eigenvalue weighted by molar-refractivity contribution is 0.187. The van der Waals surface area contributed by atoms with Crippen molar-refractivity contribution in [1.82, 2.24) is 15.5 Å². The minimum absolute atomic E-state index is 0. The van der Waals surface area contributed by atoms with E-state index in [1.54, 1.807) is 12.1 Å². The van der Waals surface area contributed by atoms with Gasteiger partial charge < -0.3 is 20.6 Å². The molecule has 1 fully saturated rings. The minimum Gasteiger partial charge on any atom is -0.508 e. The molecule has 3 N–H and O–H groups in total. The number of benzene rings is 1. The fraction of sp³-hybridized carbons (Fsp3) is 0.632.